The van der Waals surface area contributed by atoms with Gasteiger partial charge in [-0.15, -0.1) is 0 Å². The maximum absolute atomic E-state index is 6.13. The zero-order valence-electron chi connectivity index (χ0n) is 18.2. The SMILES string of the molecule is CC(OC1=CCN(c2ccc3c(cnn3CCN3CCCC3)c2)C=C1)c1ccccc1. The first-order valence-electron chi connectivity index (χ1n) is 11.3. The van der Waals surface area contributed by atoms with Crippen molar-refractivity contribution in [3.05, 3.63) is 84.4 Å². The van der Waals surface area contributed by atoms with Crippen LogP contribution in [0.15, 0.2) is 78.8 Å². The normalized spacial score (nSPS) is 17.8. The van der Waals surface area contributed by atoms with Gasteiger partial charge in [0.1, 0.15) is 11.9 Å². The van der Waals surface area contributed by atoms with E-state index in [2.05, 4.69) is 69.1 Å². The molecule has 0 saturated carbocycles. The van der Waals surface area contributed by atoms with Crippen LogP contribution in [0.4, 0.5) is 5.69 Å². The lowest BCUT2D eigenvalue weighted by molar-refractivity contribution is 0.142. The molecule has 31 heavy (non-hydrogen) atoms. The number of likely N-dealkylation sites (tertiary alicyclic amines) is 1. The topological polar surface area (TPSA) is 33.5 Å². The Morgan fingerprint density at radius 1 is 1.03 bits per heavy atom. The van der Waals surface area contributed by atoms with Gasteiger partial charge in [0.25, 0.3) is 0 Å². The summed E-state index contributed by atoms with van der Waals surface area (Å²) in [6, 6.07) is 16.9. The average molecular weight is 415 g/mol. The van der Waals surface area contributed by atoms with Crippen LogP contribution in [0.25, 0.3) is 10.9 Å². The largest absolute Gasteiger partial charge is 0.486 e. The van der Waals surface area contributed by atoms with E-state index in [9.17, 15) is 0 Å². The minimum Gasteiger partial charge on any atom is -0.486 e. The Balaban J connectivity index is 1.22. The van der Waals surface area contributed by atoms with E-state index < -0.39 is 0 Å². The number of nitrogens with zero attached hydrogens (tertiary/aromatic N) is 4. The molecule has 2 aliphatic heterocycles. The number of allylic oxidation sites excluding steroid dienone is 1. The summed E-state index contributed by atoms with van der Waals surface area (Å²) >= 11 is 0. The highest BCUT2D eigenvalue weighted by Gasteiger charge is 2.14. The minimum absolute atomic E-state index is 0.0337. The van der Waals surface area contributed by atoms with Crippen molar-refractivity contribution in [2.24, 2.45) is 0 Å². The van der Waals surface area contributed by atoms with Crippen molar-refractivity contribution in [3.63, 3.8) is 0 Å². The van der Waals surface area contributed by atoms with Gasteiger partial charge in [-0.1, -0.05) is 30.3 Å². The Hall–Kier alpha value is -3.05. The molecule has 2 aliphatic rings. The lowest BCUT2D eigenvalue weighted by atomic mass is 10.1. The Morgan fingerprint density at radius 3 is 2.65 bits per heavy atom. The Labute approximate surface area is 184 Å². The highest BCUT2D eigenvalue weighted by molar-refractivity contribution is 5.83. The van der Waals surface area contributed by atoms with Crippen LogP contribution in [-0.4, -0.2) is 40.9 Å². The smallest absolute Gasteiger partial charge is 0.121 e. The summed E-state index contributed by atoms with van der Waals surface area (Å²) in [5, 5.41) is 5.83. The Kier molecular flexibility index (Phi) is 5.76. The number of ether oxygens (including phenoxy) is 1. The van der Waals surface area contributed by atoms with Crippen molar-refractivity contribution < 1.29 is 4.74 Å². The van der Waals surface area contributed by atoms with E-state index in [4.69, 9.17) is 4.74 Å². The van der Waals surface area contributed by atoms with E-state index in [1.165, 1.54) is 48.1 Å². The number of aromatic nitrogens is 2. The Bertz CT molecular complexity index is 1080. The van der Waals surface area contributed by atoms with Gasteiger partial charge in [0.05, 0.1) is 18.3 Å². The number of fused-ring (bicyclic) bond motifs is 1. The highest BCUT2D eigenvalue weighted by atomic mass is 16.5. The zero-order chi connectivity index (χ0) is 21.0. The van der Waals surface area contributed by atoms with Gasteiger partial charge in [-0.25, -0.2) is 0 Å². The molecule has 5 nitrogen and oxygen atoms in total. The molecule has 5 rings (SSSR count). The van der Waals surface area contributed by atoms with Crippen molar-refractivity contribution in [2.45, 2.75) is 32.4 Å². The van der Waals surface area contributed by atoms with Crippen molar-refractivity contribution in [2.75, 3.05) is 31.1 Å². The molecule has 1 fully saturated rings. The first kappa shape index (κ1) is 19.9. The lowest BCUT2D eigenvalue weighted by Crippen LogP contribution is -2.24. The first-order valence-corrected chi connectivity index (χ1v) is 11.3. The molecule has 0 bridgehead atoms. The standard InChI is InChI=1S/C26H30N4O/c1-21(22-7-3-2-4-8-22)31-25-11-15-29(16-12-25)24-9-10-26-23(19-24)20-27-30(26)18-17-28-13-5-6-14-28/h2-4,7-12,15,19-21H,5-6,13-14,16-18H2,1H3. The number of rotatable bonds is 7. The van der Waals surface area contributed by atoms with Gasteiger partial charge in [0.15, 0.2) is 0 Å². The second kappa shape index (κ2) is 8.98. The number of hydrogen-bond donors (Lipinski definition) is 0. The van der Waals surface area contributed by atoms with Crippen LogP contribution in [0, 0.1) is 0 Å². The van der Waals surface area contributed by atoms with E-state index >= 15 is 0 Å². The quantitative estimate of drug-likeness (QED) is 0.537. The summed E-state index contributed by atoms with van der Waals surface area (Å²) in [7, 11) is 0. The molecule has 0 spiro atoms. The van der Waals surface area contributed by atoms with Crippen LogP contribution in [0.1, 0.15) is 31.4 Å². The fourth-order valence-electron chi connectivity index (χ4n) is 4.43. The molecule has 0 radical (unpaired) electrons. The summed E-state index contributed by atoms with van der Waals surface area (Å²) in [5.74, 6) is 0.920. The van der Waals surface area contributed by atoms with Crippen LogP contribution in [-0.2, 0) is 11.3 Å². The van der Waals surface area contributed by atoms with Crippen molar-refractivity contribution in [1.29, 1.82) is 0 Å². The molecule has 160 valence electrons. The monoisotopic (exact) mass is 414 g/mol. The first-order chi connectivity index (χ1) is 15.3. The zero-order valence-corrected chi connectivity index (χ0v) is 18.2. The minimum atomic E-state index is 0.0337. The summed E-state index contributed by atoms with van der Waals surface area (Å²) in [5.41, 5.74) is 3.57. The van der Waals surface area contributed by atoms with Crippen molar-refractivity contribution >= 4 is 16.6 Å². The molecule has 0 N–H and O–H groups in total. The molecule has 5 heteroatoms. The van der Waals surface area contributed by atoms with E-state index in [-0.39, 0.29) is 6.10 Å². The number of anilines is 1. The van der Waals surface area contributed by atoms with Gasteiger partial charge in [0, 0.05) is 30.4 Å². The summed E-state index contributed by atoms with van der Waals surface area (Å²) in [6.07, 6.45) is 11.0. The molecule has 3 heterocycles. The third-order valence-corrected chi connectivity index (χ3v) is 6.27. The summed E-state index contributed by atoms with van der Waals surface area (Å²) in [6.45, 7) is 7.38. The molecule has 0 amide bonds. The van der Waals surface area contributed by atoms with Gasteiger partial charge >= 0.3 is 0 Å². The second-order valence-electron chi connectivity index (χ2n) is 8.40. The molecular weight excluding hydrogens is 384 g/mol. The number of hydrogen-bond acceptors (Lipinski definition) is 4. The molecule has 1 atom stereocenters. The van der Waals surface area contributed by atoms with Gasteiger partial charge < -0.3 is 14.5 Å². The van der Waals surface area contributed by atoms with E-state index in [0.29, 0.717) is 0 Å². The van der Waals surface area contributed by atoms with E-state index in [1.54, 1.807) is 0 Å². The van der Waals surface area contributed by atoms with Gasteiger partial charge in [-0.3, -0.25) is 4.68 Å². The fraction of sp³-hybridized carbons (Fsp3) is 0.346. The number of benzene rings is 2. The lowest BCUT2D eigenvalue weighted by Gasteiger charge is -2.24. The summed E-state index contributed by atoms with van der Waals surface area (Å²) in [4.78, 5) is 4.77. The maximum Gasteiger partial charge on any atom is 0.121 e. The van der Waals surface area contributed by atoms with Crippen LogP contribution in [0.3, 0.4) is 0 Å². The molecule has 0 aliphatic carbocycles. The molecule has 1 saturated heterocycles. The van der Waals surface area contributed by atoms with Crippen LogP contribution in [0.2, 0.25) is 0 Å². The van der Waals surface area contributed by atoms with Gasteiger partial charge in [0.2, 0.25) is 0 Å². The van der Waals surface area contributed by atoms with Gasteiger partial charge in [-0.2, -0.15) is 5.10 Å². The highest BCUT2D eigenvalue weighted by Crippen LogP contribution is 2.26. The van der Waals surface area contributed by atoms with E-state index in [1.807, 2.05) is 30.5 Å². The molecular formula is C26H30N4O. The maximum atomic E-state index is 6.13. The Morgan fingerprint density at radius 2 is 1.87 bits per heavy atom. The van der Waals surface area contributed by atoms with Crippen LogP contribution < -0.4 is 4.90 Å². The van der Waals surface area contributed by atoms with Crippen molar-refractivity contribution in [1.82, 2.24) is 14.7 Å². The fourth-order valence-corrected chi connectivity index (χ4v) is 4.43. The molecule has 1 aromatic heterocycles. The average Bonchev–Trinajstić information content (AvgIpc) is 3.48. The molecule has 3 aromatic rings. The summed E-state index contributed by atoms with van der Waals surface area (Å²) < 4.78 is 8.27. The third-order valence-electron chi connectivity index (χ3n) is 6.27. The van der Waals surface area contributed by atoms with Crippen LogP contribution in [0.5, 0.6) is 0 Å². The third kappa shape index (κ3) is 4.52. The molecule has 2 aromatic carbocycles. The van der Waals surface area contributed by atoms with Gasteiger partial charge in [-0.05, 0) is 68.8 Å². The van der Waals surface area contributed by atoms with Crippen molar-refractivity contribution in [3.8, 4) is 0 Å². The molecule has 1 unspecified atom stereocenters. The predicted octanol–water partition coefficient (Wildman–Crippen LogP) is 5.13. The van der Waals surface area contributed by atoms with E-state index in [0.717, 1.165) is 25.4 Å². The second-order valence-corrected chi connectivity index (χ2v) is 8.40. The van der Waals surface area contributed by atoms with Crippen LogP contribution >= 0.6 is 0 Å². The predicted molar refractivity (Wildman–Crippen MR) is 126 cm³/mol.